The van der Waals surface area contributed by atoms with Gasteiger partial charge in [-0.1, -0.05) is 41.5 Å². The number of hydrogen-bond acceptors (Lipinski definition) is 5. The second-order valence-electron chi connectivity index (χ2n) is 7.32. The molecule has 0 aromatic rings. The first-order chi connectivity index (χ1) is 9.23. The van der Waals surface area contributed by atoms with E-state index in [4.69, 9.17) is 11.1 Å². The lowest BCUT2D eigenvalue weighted by Gasteiger charge is -2.33. The van der Waals surface area contributed by atoms with Crippen LogP contribution in [-0.2, 0) is 4.79 Å². The zero-order chi connectivity index (χ0) is 16.8. The molecule has 1 aliphatic carbocycles. The Hall–Kier alpha value is -2.05. The Morgan fingerprint density at radius 1 is 0.905 bits per heavy atom. The standard InChI is InChI=1S/C14H22N4O3/c1-12(2,3)9-7-14(17(15)20,18(16)21)8-10(11(9)19)13(4,5)6/h7-8,15-16H,1-6H3. The van der Waals surface area contributed by atoms with Crippen molar-refractivity contribution in [3.8, 4) is 0 Å². The van der Waals surface area contributed by atoms with Crippen molar-refractivity contribution in [2.45, 2.75) is 47.2 Å². The highest BCUT2D eigenvalue weighted by Crippen LogP contribution is 2.41. The van der Waals surface area contributed by atoms with Gasteiger partial charge in [0.1, 0.15) is 0 Å². The van der Waals surface area contributed by atoms with Gasteiger partial charge in [0.15, 0.2) is 5.78 Å². The molecule has 21 heavy (non-hydrogen) atoms. The van der Waals surface area contributed by atoms with Crippen molar-refractivity contribution in [1.82, 2.24) is 0 Å². The average molecular weight is 294 g/mol. The van der Waals surface area contributed by atoms with Crippen LogP contribution < -0.4 is 0 Å². The lowest BCUT2D eigenvalue weighted by Crippen LogP contribution is -2.47. The monoisotopic (exact) mass is 294 g/mol. The molecule has 0 atom stereocenters. The quantitative estimate of drug-likeness (QED) is 0.352. The molecule has 0 radical (unpaired) electrons. The maximum absolute atomic E-state index is 12.7. The summed E-state index contributed by atoms with van der Waals surface area (Å²) in [6.45, 7) is 10.7. The number of ketones is 1. The molecule has 0 aliphatic heterocycles. The summed E-state index contributed by atoms with van der Waals surface area (Å²) in [6.07, 6.45) is 2.26. The van der Waals surface area contributed by atoms with Crippen molar-refractivity contribution in [2.24, 2.45) is 10.8 Å². The van der Waals surface area contributed by atoms with Crippen molar-refractivity contribution in [3.63, 3.8) is 0 Å². The fourth-order valence-electron chi connectivity index (χ4n) is 2.17. The van der Waals surface area contributed by atoms with Gasteiger partial charge in [0.25, 0.3) is 0 Å². The fraction of sp³-hybridized carbons (Fsp3) is 0.643. The molecule has 1 rings (SSSR count). The molecular weight excluding hydrogens is 272 g/mol. The van der Waals surface area contributed by atoms with E-state index in [1.165, 1.54) is 0 Å². The van der Waals surface area contributed by atoms with Crippen LogP contribution in [0.1, 0.15) is 41.5 Å². The van der Waals surface area contributed by atoms with Crippen molar-refractivity contribution in [3.05, 3.63) is 33.7 Å². The van der Waals surface area contributed by atoms with E-state index in [9.17, 15) is 15.2 Å². The Labute approximate surface area is 124 Å². The highest BCUT2D eigenvalue weighted by molar-refractivity contribution is 6.11. The number of hydroxylamine groups is 2. The highest BCUT2D eigenvalue weighted by atomic mass is 16.5. The number of Topliss-reactive ketones (excluding diaryl/α,β-unsaturated/α-hetero) is 1. The first kappa shape index (κ1) is 17.0. The van der Waals surface area contributed by atoms with E-state index in [2.05, 4.69) is 0 Å². The van der Waals surface area contributed by atoms with E-state index in [0.717, 1.165) is 12.2 Å². The molecule has 0 unspecified atom stereocenters. The summed E-state index contributed by atoms with van der Waals surface area (Å²) in [5.74, 6) is -0.255. The zero-order valence-corrected chi connectivity index (χ0v) is 13.3. The van der Waals surface area contributed by atoms with Gasteiger partial charge in [0.05, 0.1) is 12.2 Å². The van der Waals surface area contributed by atoms with Gasteiger partial charge in [-0.05, 0) is 31.6 Å². The number of nitrogens with one attached hydrogen (secondary N) is 2. The van der Waals surface area contributed by atoms with Gasteiger partial charge in [0, 0.05) is 11.1 Å². The Morgan fingerprint density at radius 2 is 1.19 bits per heavy atom. The number of carbonyl (C=O) groups excluding carboxylic acids is 1. The van der Waals surface area contributed by atoms with Crippen LogP contribution in [0.3, 0.4) is 0 Å². The van der Waals surface area contributed by atoms with Gasteiger partial charge < -0.3 is 10.4 Å². The zero-order valence-electron chi connectivity index (χ0n) is 13.3. The normalized spacial score (nSPS) is 18.9. The number of hydrogen-bond donors (Lipinski definition) is 2. The van der Waals surface area contributed by atoms with Crippen LogP contribution in [0, 0.1) is 32.3 Å². The van der Waals surface area contributed by atoms with E-state index >= 15 is 0 Å². The van der Waals surface area contributed by atoms with Crippen molar-refractivity contribution in [1.29, 1.82) is 11.1 Å². The molecule has 116 valence electrons. The topological polar surface area (TPSA) is 117 Å². The first-order valence-corrected chi connectivity index (χ1v) is 6.62. The minimum atomic E-state index is -2.14. The van der Waals surface area contributed by atoms with E-state index in [1.54, 1.807) is 41.5 Å². The smallest absolute Gasteiger partial charge is 0.458 e. The highest BCUT2D eigenvalue weighted by Gasteiger charge is 2.53. The Morgan fingerprint density at radius 3 is 1.38 bits per heavy atom. The van der Waals surface area contributed by atoms with Crippen molar-refractivity contribution in [2.75, 3.05) is 0 Å². The molecule has 0 aromatic carbocycles. The SMILES string of the molecule is CC(C)(C)C1=CC([N+](=N)[O-])([N+](=N)[O-])C=C(C(C)(C)C)C1=O. The maximum atomic E-state index is 12.7. The van der Waals surface area contributed by atoms with Crippen LogP contribution in [0.5, 0.6) is 0 Å². The number of nitrogens with zero attached hydrogens (tertiary/aromatic N) is 2. The molecule has 0 saturated carbocycles. The molecule has 0 aromatic heterocycles. The Bertz CT molecular complexity index is 524. The lowest BCUT2D eigenvalue weighted by atomic mass is 9.71. The predicted molar refractivity (Wildman–Crippen MR) is 75.5 cm³/mol. The summed E-state index contributed by atoms with van der Waals surface area (Å²) >= 11 is 0. The summed E-state index contributed by atoms with van der Waals surface area (Å²) in [5.41, 5.74) is 11.8. The fourth-order valence-corrected chi connectivity index (χ4v) is 2.17. The van der Waals surface area contributed by atoms with Gasteiger partial charge in [-0.2, -0.15) is 0 Å². The van der Waals surface area contributed by atoms with Gasteiger partial charge in [-0.3, -0.25) is 4.79 Å². The summed E-state index contributed by atoms with van der Waals surface area (Å²) in [5, 5.41) is 23.3. The maximum Gasteiger partial charge on any atom is 0.458 e. The van der Waals surface area contributed by atoms with Gasteiger partial charge in [-0.25, -0.2) is 0 Å². The van der Waals surface area contributed by atoms with Crippen LogP contribution in [0.2, 0.25) is 0 Å². The first-order valence-electron chi connectivity index (χ1n) is 6.62. The Balaban J connectivity index is 3.74. The number of rotatable bonds is 2. The minimum absolute atomic E-state index is 0.255. The van der Waals surface area contributed by atoms with Gasteiger partial charge in [-0.15, -0.1) is 0 Å². The molecule has 1 aliphatic rings. The molecule has 7 heteroatoms. The van der Waals surface area contributed by atoms with E-state index in [-0.39, 0.29) is 26.7 Å². The second-order valence-corrected chi connectivity index (χ2v) is 7.32. The number of carbonyl (C=O) groups is 1. The molecule has 2 N–H and O–H groups in total. The minimum Gasteiger partial charge on any atom is -0.594 e. The summed E-state index contributed by atoms with van der Waals surface area (Å²) in [4.78, 5) is 12.0. The van der Waals surface area contributed by atoms with Crippen LogP contribution in [-0.4, -0.2) is 21.2 Å². The third-order valence-corrected chi connectivity index (χ3v) is 3.47. The van der Waals surface area contributed by atoms with Crippen molar-refractivity contribution >= 4 is 5.78 Å². The van der Waals surface area contributed by atoms with E-state index in [1.807, 2.05) is 0 Å². The molecule has 0 bridgehead atoms. The molecule has 0 fully saturated rings. The number of allylic oxidation sites excluding steroid dienone is 2. The van der Waals surface area contributed by atoms with Crippen LogP contribution in [0.25, 0.3) is 0 Å². The predicted octanol–water partition coefficient (Wildman–Crippen LogP) is 3.29. The molecule has 0 spiro atoms. The van der Waals surface area contributed by atoms with Gasteiger partial charge >= 0.3 is 5.66 Å². The van der Waals surface area contributed by atoms with Crippen LogP contribution in [0.4, 0.5) is 0 Å². The largest absolute Gasteiger partial charge is 0.594 e. The average Bonchev–Trinajstić information content (AvgIpc) is 2.25. The second kappa shape index (κ2) is 4.75. The van der Waals surface area contributed by atoms with E-state index in [0.29, 0.717) is 0 Å². The third kappa shape index (κ3) is 2.86. The molecule has 0 amide bonds. The molecule has 0 heterocycles. The van der Waals surface area contributed by atoms with Crippen molar-refractivity contribution < 1.29 is 14.5 Å². The van der Waals surface area contributed by atoms with Crippen LogP contribution in [0.15, 0.2) is 23.3 Å². The molecule has 7 nitrogen and oxygen atoms in total. The molecule has 0 saturated heterocycles. The lowest BCUT2D eigenvalue weighted by molar-refractivity contribution is -0.821. The Kier molecular flexibility index (Phi) is 3.85. The molecular formula is C14H22N4O3. The van der Waals surface area contributed by atoms with Crippen LogP contribution >= 0.6 is 0 Å². The van der Waals surface area contributed by atoms with E-state index < -0.39 is 16.5 Å². The summed E-state index contributed by atoms with van der Waals surface area (Å²) in [6, 6.07) is 0. The summed E-state index contributed by atoms with van der Waals surface area (Å²) < 4.78 is 0. The summed E-state index contributed by atoms with van der Waals surface area (Å²) in [7, 11) is 0. The third-order valence-electron chi connectivity index (χ3n) is 3.47. The van der Waals surface area contributed by atoms with Gasteiger partial charge in [0.2, 0.25) is 0 Å².